The number of rotatable bonds is 6. The number of amides is 2. The third-order valence-electron chi connectivity index (χ3n) is 3.43. The van der Waals surface area contributed by atoms with Crippen LogP contribution < -0.4 is 10.1 Å². The van der Waals surface area contributed by atoms with Crippen LogP contribution in [-0.2, 0) is 11.3 Å². The van der Waals surface area contributed by atoms with Gasteiger partial charge in [0.15, 0.2) is 0 Å². The monoisotopic (exact) mass is 381 g/mol. The number of nitrogens with zero attached hydrogens (tertiary/aromatic N) is 2. The molecule has 2 rings (SSSR count). The third kappa shape index (κ3) is 5.34. The summed E-state index contributed by atoms with van der Waals surface area (Å²) in [5.74, 6) is -0.0989. The van der Waals surface area contributed by atoms with Crippen molar-refractivity contribution >= 4 is 35.0 Å². The van der Waals surface area contributed by atoms with E-state index in [-0.39, 0.29) is 18.1 Å². The molecule has 1 N–H and O–H groups in total. The zero-order chi connectivity index (χ0) is 18.4. The Hall–Kier alpha value is -2.31. The van der Waals surface area contributed by atoms with E-state index in [1.54, 1.807) is 38.4 Å². The van der Waals surface area contributed by atoms with Gasteiger partial charge in [0.2, 0.25) is 5.91 Å². The second kappa shape index (κ2) is 8.69. The van der Waals surface area contributed by atoms with Crippen LogP contribution in [0.5, 0.6) is 5.75 Å². The summed E-state index contributed by atoms with van der Waals surface area (Å²) in [6.07, 6.45) is 1.43. The molecule has 0 saturated carbocycles. The first kappa shape index (κ1) is 19.0. The van der Waals surface area contributed by atoms with Crippen LogP contribution in [0.3, 0.4) is 0 Å². The largest absolute Gasteiger partial charge is 0.496 e. The smallest absolute Gasteiger partial charge is 0.270 e. The Labute approximate surface area is 155 Å². The summed E-state index contributed by atoms with van der Waals surface area (Å²) >= 11 is 11.8. The molecule has 6 nitrogen and oxygen atoms in total. The number of carbonyl (C=O) groups is 2. The minimum atomic E-state index is -0.468. The number of pyridine rings is 1. The topological polar surface area (TPSA) is 71.5 Å². The highest BCUT2D eigenvalue weighted by Gasteiger charge is 2.15. The Morgan fingerprint density at radius 3 is 2.60 bits per heavy atom. The number of methoxy groups -OCH3 is 1. The number of hydrogen-bond donors (Lipinski definition) is 1. The number of halogens is 2. The molecular weight excluding hydrogens is 365 g/mol. The molecule has 0 saturated heterocycles. The van der Waals surface area contributed by atoms with Gasteiger partial charge in [-0.2, -0.15) is 0 Å². The lowest BCUT2D eigenvalue weighted by atomic mass is 10.2. The maximum absolute atomic E-state index is 12.2. The van der Waals surface area contributed by atoms with E-state index in [0.717, 1.165) is 5.56 Å². The average Bonchev–Trinajstić information content (AvgIpc) is 2.59. The normalized spacial score (nSPS) is 10.2. The van der Waals surface area contributed by atoms with Gasteiger partial charge in [-0.15, -0.1) is 0 Å². The Morgan fingerprint density at radius 1 is 1.20 bits per heavy atom. The van der Waals surface area contributed by atoms with Gasteiger partial charge in [-0.05, 0) is 30.3 Å². The number of ether oxygens (including phenoxy) is 1. The zero-order valence-electron chi connectivity index (χ0n) is 13.8. The maximum atomic E-state index is 12.2. The molecule has 0 fully saturated rings. The van der Waals surface area contributed by atoms with Crippen molar-refractivity contribution in [2.45, 2.75) is 6.54 Å². The Morgan fingerprint density at radius 2 is 1.92 bits per heavy atom. The van der Waals surface area contributed by atoms with Gasteiger partial charge in [-0.25, -0.2) is 0 Å². The van der Waals surface area contributed by atoms with E-state index in [9.17, 15) is 9.59 Å². The SMILES string of the molecule is COc1ccc(Cl)cc1CN(C)C(=O)CNC(=O)c1cc(Cl)ccn1. The van der Waals surface area contributed by atoms with Crippen LogP contribution in [0.25, 0.3) is 0 Å². The lowest BCUT2D eigenvalue weighted by molar-refractivity contribution is -0.129. The molecule has 25 heavy (non-hydrogen) atoms. The Balaban J connectivity index is 1.94. The van der Waals surface area contributed by atoms with E-state index in [2.05, 4.69) is 10.3 Å². The van der Waals surface area contributed by atoms with Gasteiger partial charge in [-0.3, -0.25) is 14.6 Å². The standard InChI is InChI=1S/C17H17Cl2N3O3/c1-22(10-11-7-12(18)3-4-15(11)25-2)16(23)9-21-17(24)14-8-13(19)5-6-20-14/h3-8H,9-10H2,1-2H3,(H,21,24). The molecule has 1 aromatic heterocycles. The first-order valence-electron chi connectivity index (χ1n) is 7.37. The molecule has 0 aliphatic rings. The van der Waals surface area contributed by atoms with Gasteiger partial charge in [0.05, 0.1) is 13.7 Å². The predicted octanol–water partition coefficient (Wildman–Crippen LogP) is 2.79. The van der Waals surface area contributed by atoms with Crippen LogP contribution in [0.2, 0.25) is 10.0 Å². The van der Waals surface area contributed by atoms with E-state index in [1.807, 2.05) is 0 Å². The van der Waals surface area contributed by atoms with Crippen molar-refractivity contribution in [3.05, 3.63) is 57.8 Å². The first-order valence-corrected chi connectivity index (χ1v) is 8.12. The summed E-state index contributed by atoms with van der Waals surface area (Å²) in [6.45, 7) is 0.139. The summed E-state index contributed by atoms with van der Waals surface area (Å²) in [5, 5.41) is 3.48. The molecule has 0 bridgehead atoms. The highest BCUT2D eigenvalue weighted by molar-refractivity contribution is 6.31. The van der Waals surface area contributed by atoms with Gasteiger partial charge in [0, 0.05) is 35.4 Å². The fourth-order valence-electron chi connectivity index (χ4n) is 2.12. The van der Waals surface area contributed by atoms with Crippen LogP contribution in [0.1, 0.15) is 16.1 Å². The maximum Gasteiger partial charge on any atom is 0.270 e. The quantitative estimate of drug-likeness (QED) is 0.834. The van der Waals surface area contributed by atoms with E-state index >= 15 is 0 Å². The van der Waals surface area contributed by atoms with Crippen molar-refractivity contribution in [3.63, 3.8) is 0 Å². The average molecular weight is 382 g/mol. The first-order chi connectivity index (χ1) is 11.9. The molecular formula is C17H17Cl2N3O3. The lowest BCUT2D eigenvalue weighted by Gasteiger charge is -2.19. The number of nitrogens with one attached hydrogen (secondary N) is 1. The highest BCUT2D eigenvalue weighted by atomic mass is 35.5. The number of aromatic nitrogens is 1. The molecule has 0 unspecified atom stereocenters. The summed E-state index contributed by atoms with van der Waals surface area (Å²) in [6, 6.07) is 8.18. The Kier molecular flexibility index (Phi) is 6.61. The number of hydrogen-bond acceptors (Lipinski definition) is 4. The van der Waals surface area contributed by atoms with E-state index in [1.165, 1.54) is 17.2 Å². The fraction of sp³-hybridized carbons (Fsp3) is 0.235. The molecule has 2 amide bonds. The van der Waals surface area contributed by atoms with Crippen molar-refractivity contribution < 1.29 is 14.3 Å². The zero-order valence-corrected chi connectivity index (χ0v) is 15.3. The van der Waals surface area contributed by atoms with Crippen molar-refractivity contribution in [3.8, 4) is 5.75 Å². The summed E-state index contributed by atoms with van der Waals surface area (Å²) in [7, 11) is 3.18. The van der Waals surface area contributed by atoms with Crippen molar-refractivity contribution in [1.82, 2.24) is 15.2 Å². The molecule has 0 aliphatic heterocycles. The molecule has 0 spiro atoms. The summed E-state index contributed by atoms with van der Waals surface area (Å²) < 4.78 is 5.26. The van der Waals surface area contributed by atoms with Crippen molar-refractivity contribution in [1.29, 1.82) is 0 Å². The molecule has 1 heterocycles. The number of carbonyl (C=O) groups excluding carboxylic acids is 2. The van der Waals surface area contributed by atoms with E-state index in [0.29, 0.717) is 22.3 Å². The predicted molar refractivity (Wildman–Crippen MR) is 96.1 cm³/mol. The van der Waals surface area contributed by atoms with Gasteiger partial charge >= 0.3 is 0 Å². The number of likely N-dealkylation sites (N-methyl/N-ethyl adjacent to an activating group) is 1. The van der Waals surface area contributed by atoms with Crippen molar-refractivity contribution in [2.24, 2.45) is 0 Å². The van der Waals surface area contributed by atoms with Crippen LogP contribution >= 0.6 is 23.2 Å². The molecule has 0 atom stereocenters. The third-order valence-corrected chi connectivity index (χ3v) is 3.90. The number of benzene rings is 1. The minimum Gasteiger partial charge on any atom is -0.496 e. The fourth-order valence-corrected chi connectivity index (χ4v) is 2.48. The molecule has 8 heteroatoms. The Bertz CT molecular complexity index is 783. The molecule has 0 radical (unpaired) electrons. The summed E-state index contributed by atoms with van der Waals surface area (Å²) in [4.78, 5) is 29.6. The van der Waals surface area contributed by atoms with E-state index in [4.69, 9.17) is 27.9 Å². The second-order valence-electron chi connectivity index (χ2n) is 5.25. The van der Waals surface area contributed by atoms with E-state index < -0.39 is 5.91 Å². The van der Waals surface area contributed by atoms with Crippen LogP contribution in [0, 0.1) is 0 Å². The molecule has 0 aliphatic carbocycles. The summed E-state index contributed by atoms with van der Waals surface area (Å²) in [5.41, 5.74) is 0.924. The molecule has 2 aromatic rings. The van der Waals surface area contributed by atoms with Gasteiger partial charge < -0.3 is 15.0 Å². The molecule has 132 valence electrons. The minimum absolute atomic E-state index is 0.152. The van der Waals surface area contributed by atoms with Gasteiger partial charge in [-0.1, -0.05) is 23.2 Å². The second-order valence-corrected chi connectivity index (χ2v) is 6.12. The van der Waals surface area contributed by atoms with Gasteiger partial charge in [0.25, 0.3) is 5.91 Å². The van der Waals surface area contributed by atoms with Crippen LogP contribution in [0.4, 0.5) is 0 Å². The van der Waals surface area contributed by atoms with Crippen LogP contribution in [-0.4, -0.2) is 42.4 Å². The highest BCUT2D eigenvalue weighted by Crippen LogP contribution is 2.23. The van der Waals surface area contributed by atoms with Gasteiger partial charge in [0.1, 0.15) is 11.4 Å². The lowest BCUT2D eigenvalue weighted by Crippen LogP contribution is -2.38. The van der Waals surface area contributed by atoms with Crippen molar-refractivity contribution in [2.75, 3.05) is 20.7 Å². The van der Waals surface area contributed by atoms with Crippen LogP contribution in [0.15, 0.2) is 36.5 Å². The molecule has 1 aromatic carbocycles.